The minimum Gasteiger partial charge on any atom is -0.361 e. The first-order valence-corrected chi connectivity index (χ1v) is 7.61. The van der Waals surface area contributed by atoms with Gasteiger partial charge in [-0.1, -0.05) is 41.9 Å². The van der Waals surface area contributed by atoms with Gasteiger partial charge >= 0.3 is 0 Å². The van der Waals surface area contributed by atoms with E-state index < -0.39 is 0 Å². The van der Waals surface area contributed by atoms with Crippen LogP contribution in [0, 0.1) is 0 Å². The van der Waals surface area contributed by atoms with Crippen LogP contribution >= 0.6 is 23.2 Å². The third-order valence-electron chi connectivity index (χ3n) is 3.16. The number of aromatic nitrogens is 2. The zero-order valence-corrected chi connectivity index (χ0v) is 13.3. The van der Waals surface area contributed by atoms with Crippen molar-refractivity contribution in [3.63, 3.8) is 0 Å². The van der Waals surface area contributed by atoms with Crippen LogP contribution in [-0.4, -0.2) is 22.2 Å². The summed E-state index contributed by atoms with van der Waals surface area (Å²) in [5, 5.41) is 4.29. The third kappa shape index (κ3) is 3.99. The average molecular weight is 326 g/mol. The minimum atomic E-state index is -0.201. The fourth-order valence-electron chi connectivity index (χ4n) is 2.12. The molecule has 112 valence electrons. The van der Waals surface area contributed by atoms with Crippen molar-refractivity contribution in [2.75, 3.05) is 17.3 Å². The smallest absolute Gasteiger partial charge is 0.291 e. The van der Waals surface area contributed by atoms with Gasteiger partial charge in [0.25, 0.3) is 5.56 Å². The van der Waals surface area contributed by atoms with E-state index in [1.165, 1.54) is 10.9 Å². The summed E-state index contributed by atoms with van der Waals surface area (Å²) in [6.07, 6.45) is 2.27. The molecule has 4 nitrogen and oxygen atoms in total. The Morgan fingerprint density at radius 3 is 2.67 bits per heavy atom. The van der Waals surface area contributed by atoms with Crippen molar-refractivity contribution in [2.24, 2.45) is 7.05 Å². The number of benzene rings is 1. The zero-order valence-electron chi connectivity index (χ0n) is 11.8. The van der Waals surface area contributed by atoms with Crippen molar-refractivity contribution in [1.82, 2.24) is 9.78 Å². The molecule has 0 saturated carbocycles. The van der Waals surface area contributed by atoms with Crippen LogP contribution in [0.3, 0.4) is 0 Å². The van der Waals surface area contributed by atoms with Gasteiger partial charge in [-0.2, -0.15) is 5.10 Å². The monoisotopic (exact) mass is 325 g/mol. The van der Waals surface area contributed by atoms with Gasteiger partial charge < -0.3 is 4.90 Å². The highest BCUT2D eigenvalue weighted by Gasteiger charge is 2.16. The molecule has 0 fully saturated rings. The number of aryl methyl sites for hydroxylation is 1. The number of halogens is 2. The maximum Gasteiger partial charge on any atom is 0.291 e. The lowest BCUT2D eigenvalue weighted by Gasteiger charge is -2.25. The lowest BCUT2D eigenvalue weighted by atomic mass is 10.2. The second-order valence-electron chi connectivity index (χ2n) is 4.72. The molecule has 2 rings (SSSR count). The van der Waals surface area contributed by atoms with Crippen LogP contribution < -0.4 is 10.5 Å². The maximum atomic E-state index is 12.3. The van der Waals surface area contributed by atoms with Crippen LogP contribution in [0.1, 0.15) is 12.0 Å². The minimum absolute atomic E-state index is 0.201. The topological polar surface area (TPSA) is 38.1 Å². The highest BCUT2D eigenvalue weighted by molar-refractivity contribution is 6.33. The van der Waals surface area contributed by atoms with E-state index in [1.54, 1.807) is 7.05 Å². The molecule has 1 aromatic heterocycles. The number of hydrogen-bond donors (Lipinski definition) is 0. The summed E-state index contributed by atoms with van der Waals surface area (Å²) in [4.78, 5) is 14.3. The molecule has 21 heavy (non-hydrogen) atoms. The quantitative estimate of drug-likeness (QED) is 0.766. The molecule has 0 aliphatic carbocycles. The van der Waals surface area contributed by atoms with Crippen molar-refractivity contribution >= 4 is 28.9 Å². The normalized spacial score (nSPS) is 10.6. The van der Waals surface area contributed by atoms with E-state index in [0.29, 0.717) is 29.7 Å². The van der Waals surface area contributed by atoms with Crippen LogP contribution in [0.2, 0.25) is 5.02 Å². The second-order valence-corrected chi connectivity index (χ2v) is 5.50. The predicted molar refractivity (Wildman–Crippen MR) is 87.3 cm³/mol. The standard InChI is InChI=1S/C15H17Cl2N3O/c1-19-15(21)14(13(17)10-18-19)20(9-5-8-16)11-12-6-3-2-4-7-12/h2-4,6-7,10H,5,8-9,11H2,1H3. The van der Waals surface area contributed by atoms with Crippen LogP contribution in [0.4, 0.5) is 5.69 Å². The van der Waals surface area contributed by atoms with Crippen molar-refractivity contribution in [3.05, 3.63) is 57.5 Å². The molecule has 0 saturated heterocycles. The molecule has 0 bridgehead atoms. The Hall–Kier alpha value is -1.52. The number of anilines is 1. The average Bonchev–Trinajstić information content (AvgIpc) is 2.50. The fourth-order valence-corrected chi connectivity index (χ4v) is 2.48. The van der Waals surface area contributed by atoms with Gasteiger partial charge in [-0.3, -0.25) is 4.79 Å². The molecule has 0 unspecified atom stereocenters. The van der Waals surface area contributed by atoms with Gasteiger partial charge in [0, 0.05) is 26.0 Å². The fraction of sp³-hybridized carbons (Fsp3) is 0.333. The van der Waals surface area contributed by atoms with Gasteiger partial charge in [-0.05, 0) is 12.0 Å². The van der Waals surface area contributed by atoms with Gasteiger partial charge in [0.15, 0.2) is 0 Å². The van der Waals surface area contributed by atoms with E-state index >= 15 is 0 Å². The van der Waals surface area contributed by atoms with Crippen LogP contribution in [0.15, 0.2) is 41.3 Å². The summed E-state index contributed by atoms with van der Waals surface area (Å²) in [7, 11) is 1.62. The molecular formula is C15H17Cl2N3O. The molecule has 0 spiro atoms. The Morgan fingerprint density at radius 2 is 2.00 bits per heavy atom. The maximum absolute atomic E-state index is 12.3. The summed E-state index contributed by atoms with van der Waals surface area (Å²) in [5.41, 5.74) is 1.39. The van der Waals surface area contributed by atoms with E-state index in [0.717, 1.165) is 12.0 Å². The van der Waals surface area contributed by atoms with Crippen LogP contribution in [0.25, 0.3) is 0 Å². The third-order valence-corrected chi connectivity index (χ3v) is 3.71. The molecule has 0 atom stereocenters. The van der Waals surface area contributed by atoms with E-state index in [2.05, 4.69) is 5.10 Å². The second kappa shape index (κ2) is 7.48. The number of hydrogen-bond acceptors (Lipinski definition) is 3. The SMILES string of the molecule is Cn1ncc(Cl)c(N(CCCCl)Cc2ccccc2)c1=O. The van der Waals surface area contributed by atoms with Crippen molar-refractivity contribution in [1.29, 1.82) is 0 Å². The van der Waals surface area contributed by atoms with E-state index in [1.807, 2.05) is 35.2 Å². The highest BCUT2D eigenvalue weighted by atomic mass is 35.5. The van der Waals surface area contributed by atoms with Crippen molar-refractivity contribution in [3.8, 4) is 0 Å². The van der Waals surface area contributed by atoms with E-state index in [4.69, 9.17) is 23.2 Å². The number of nitrogens with zero attached hydrogens (tertiary/aromatic N) is 3. The first-order chi connectivity index (χ1) is 10.1. The summed E-state index contributed by atoms with van der Waals surface area (Å²) in [6.45, 7) is 1.27. The first-order valence-electron chi connectivity index (χ1n) is 6.70. The first kappa shape index (κ1) is 15.9. The van der Waals surface area contributed by atoms with Gasteiger partial charge in [-0.15, -0.1) is 11.6 Å². The molecule has 0 aliphatic heterocycles. The van der Waals surface area contributed by atoms with E-state index in [9.17, 15) is 4.79 Å². The van der Waals surface area contributed by atoms with Gasteiger partial charge in [-0.25, -0.2) is 4.68 Å². The van der Waals surface area contributed by atoms with Gasteiger partial charge in [0.2, 0.25) is 0 Å². The summed E-state index contributed by atoms with van der Waals surface area (Å²) >= 11 is 12.0. The highest BCUT2D eigenvalue weighted by Crippen LogP contribution is 2.22. The predicted octanol–water partition coefficient (Wildman–Crippen LogP) is 3.07. The molecule has 1 heterocycles. The Bertz CT molecular complexity index is 643. The Morgan fingerprint density at radius 1 is 1.29 bits per heavy atom. The molecule has 0 N–H and O–H groups in total. The molecule has 0 radical (unpaired) electrons. The zero-order chi connectivity index (χ0) is 15.2. The Balaban J connectivity index is 2.36. The van der Waals surface area contributed by atoms with Gasteiger partial charge in [0.1, 0.15) is 5.69 Å². The molecular weight excluding hydrogens is 309 g/mol. The van der Waals surface area contributed by atoms with Crippen LogP contribution in [0.5, 0.6) is 0 Å². The van der Waals surface area contributed by atoms with Crippen molar-refractivity contribution in [2.45, 2.75) is 13.0 Å². The summed E-state index contributed by atoms with van der Waals surface area (Å²) in [5.74, 6) is 0.536. The molecule has 2 aromatic rings. The van der Waals surface area contributed by atoms with Crippen molar-refractivity contribution < 1.29 is 0 Å². The van der Waals surface area contributed by atoms with Gasteiger partial charge in [0.05, 0.1) is 11.2 Å². The molecule has 0 amide bonds. The molecule has 6 heteroatoms. The lowest BCUT2D eigenvalue weighted by molar-refractivity contribution is 0.686. The largest absolute Gasteiger partial charge is 0.361 e. The Kier molecular flexibility index (Phi) is 5.65. The molecule has 1 aromatic carbocycles. The molecule has 0 aliphatic rings. The van der Waals surface area contributed by atoms with Crippen LogP contribution in [-0.2, 0) is 13.6 Å². The van der Waals surface area contributed by atoms with E-state index in [-0.39, 0.29) is 5.56 Å². The Labute approximate surface area is 133 Å². The summed E-state index contributed by atoms with van der Waals surface area (Å²) < 4.78 is 1.29. The summed E-state index contributed by atoms with van der Waals surface area (Å²) in [6, 6.07) is 9.95. The number of rotatable bonds is 6. The lowest BCUT2D eigenvalue weighted by Crippen LogP contribution is -2.33. The number of alkyl halides is 1.